The van der Waals surface area contributed by atoms with Gasteiger partial charge in [0.15, 0.2) is 0 Å². The van der Waals surface area contributed by atoms with Crippen molar-refractivity contribution in [2.24, 2.45) is 0 Å². The number of rotatable bonds is 2. The van der Waals surface area contributed by atoms with Crippen molar-refractivity contribution in [2.75, 3.05) is 5.73 Å². The zero-order valence-electron chi connectivity index (χ0n) is 8.04. The van der Waals surface area contributed by atoms with Crippen molar-refractivity contribution in [3.63, 3.8) is 0 Å². The molecule has 0 aliphatic heterocycles. The van der Waals surface area contributed by atoms with Gasteiger partial charge in [-0.2, -0.15) is 0 Å². The molecule has 0 radical (unpaired) electrons. The molecule has 0 saturated carbocycles. The number of carboxylic acid groups (broad SMARTS) is 1. The van der Waals surface area contributed by atoms with E-state index in [2.05, 4.69) is 9.68 Å². The highest BCUT2D eigenvalue weighted by molar-refractivity contribution is 5.96. The van der Waals surface area contributed by atoms with E-state index in [-0.39, 0.29) is 22.9 Å². The number of aromatic carboxylic acids is 1. The van der Waals surface area contributed by atoms with Crippen LogP contribution in [0.25, 0.3) is 11.1 Å². The number of carbonyl (C=O) groups is 1. The van der Waals surface area contributed by atoms with E-state index < -0.39 is 5.97 Å². The lowest BCUT2D eigenvalue weighted by atomic mass is 10.1. The summed E-state index contributed by atoms with van der Waals surface area (Å²) >= 11 is 0. The fourth-order valence-corrected chi connectivity index (χ4v) is 1.39. The van der Waals surface area contributed by atoms with E-state index in [9.17, 15) is 9.90 Å². The van der Waals surface area contributed by atoms with E-state index in [0.29, 0.717) is 5.56 Å². The van der Waals surface area contributed by atoms with Gasteiger partial charge in [-0.05, 0) is 17.7 Å². The molecule has 0 bridgehead atoms. The van der Waals surface area contributed by atoms with Crippen molar-refractivity contribution in [1.82, 2.24) is 5.16 Å². The third-order valence-corrected chi connectivity index (χ3v) is 2.06. The maximum absolute atomic E-state index is 10.9. The molecule has 0 spiro atoms. The van der Waals surface area contributed by atoms with Gasteiger partial charge in [0.05, 0.1) is 5.56 Å². The number of carboxylic acids is 1. The first-order valence-corrected chi connectivity index (χ1v) is 4.37. The molecule has 1 heterocycles. The maximum Gasteiger partial charge on any atom is 0.358 e. The minimum absolute atomic E-state index is 0.00874. The van der Waals surface area contributed by atoms with Gasteiger partial charge in [0.2, 0.25) is 11.6 Å². The minimum atomic E-state index is -1.24. The van der Waals surface area contributed by atoms with Gasteiger partial charge in [-0.1, -0.05) is 17.3 Å². The number of phenolic OH excluding ortho intramolecular Hbond substituents is 1. The number of benzene rings is 1. The molecule has 16 heavy (non-hydrogen) atoms. The van der Waals surface area contributed by atoms with Crippen LogP contribution in [0, 0.1) is 0 Å². The Hall–Kier alpha value is -2.50. The van der Waals surface area contributed by atoms with Crippen LogP contribution >= 0.6 is 0 Å². The highest BCUT2D eigenvalue weighted by Crippen LogP contribution is 2.31. The first-order valence-electron chi connectivity index (χ1n) is 4.37. The Morgan fingerprint density at radius 2 is 2.19 bits per heavy atom. The van der Waals surface area contributed by atoms with Gasteiger partial charge in [-0.15, -0.1) is 0 Å². The molecule has 6 heteroatoms. The number of hydrogen-bond donors (Lipinski definition) is 3. The van der Waals surface area contributed by atoms with E-state index in [1.165, 1.54) is 12.1 Å². The van der Waals surface area contributed by atoms with Crippen molar-refractivity contribution >= 4 is 11.9 Å². The molecule has 2 rings (SSSR count). The molecule has 0 atom stereocenters. The molecule has 1 aromatic heterocycles. The number of phenols is 1. The molecule has 0 aliphatic carbocycles. The lowest BCUT2D eigenvalue weighted by molar-refractivity contribution is 0.0686. The van der Waals surface area contributed by atoms with Crippen LogP contribution in [0.5, 0.6) is 5.75 Å². The van der Waals surface area contributed by atoms with Gasteiger partial charge >= 0.3 is 5.97 Å². The van der Waals surface area contributed by atoms with Crippen LogP contribution in [0.3, 0.4) is 0 Å². The molecule has 0 unspecified atom stereocenters. The van der Waals surface area contributed by atoms with Gasteiger partial charge in [0.1, 0.15) is 5.75 Å². The number of aromatic nitrogens is 1. The van der Waals surface area contributed by atoms with Gasteiger partial charge in [0.25, 0.3) is 0 Å². The first kappa shape index (κ1) is 10.0. The smallest absolute Gasteiger partial charge is 0.358 e. The Kier molecular flexibility index (Phi) is 2.24. The van der Waals surface area contributed by atoms with Crippen molar-refractivity contribution in [3.8, 4) is 16.9 Å². The Morgan fingerprint density at radius 1 is 1.44 bits per heavy atom. The summed E-state index contributed by atoms with van der Waals surface area (Å²) in [6, 6.07) is 6.03. The van der Waals surface area contributed by atoms with Crippen LogP contribution in [-0.2, 0) is 0 Å². The molecule has 0 saturated heterocycles. The fraction of sp³-hybridized carbons (Fsp3) is 0. The van der Waals surface area contributed by atoms with Crippen molar-refractivity contribution < 1.29 is 19.5 Å². The van der Waals surface area contributed by atoms with Gasteiger partial charge < -0.3 is 20.5 Å². The first-order chi connectivity index (χ1) is 7.59. The van der Waals surface area contributed by atoms with E-state index >= 15 is 0 Å². The van der Waals surface area contributed by atoms with Crippen LogP contribution in [0.4, 0.5) is 5.88 Å². The molecular formula is C10H8N2O4. The molecule has 0 aliphatic rings. The molecule has 0 fully saturated rings. The normalized spacial score (nSPS) is 10.2. The average Bonchev–Trinajstić information content (AvgIpc) is 2.60. The van der Waals surface area contributed by atoms with Gasteiger partial charge in [-0.25, -0.2) is 4.79 Å². The van der Waals surface area contributed by atoms with Gasteiger partial charge in [-0.3, -0.25) is 0 Å². The second kappa shape index (κ2) is 3.58. The van der Waals surface area contributed by atoms with E-state index in [0.717, 1.165) is 0 Å². The highest BCUT2D eigenvalue weighted by atomic mass is 16.5. The zero-order valence-corrected chi connectivity index (χ0v) is 8.04. The van der Waals surface area contributed by atoms with Crippen LogP contribution in [0.1, 0.15) is 10.5 Å². The monoisotopic (exact) mass is 220 g/mol. The minimum Gasteiger partial charge on any atom is -0.508 e. The highest BCUT2D eigenvalue weighted by Gasteiger charge is 2.21. The summed E-state index contributed by atoms with van der Waals surface area (Å²) in [6.07, 6.45) is 0. The van der Waals surface area contributed by atoms with Crippen molar-refractivity contribution in [3.05, 3.63) is 30.0 Å². The Labute approximate surface area is 89.9 Å². The van der Waals surface area contributed by atoms with E-state index in [1.807, 2.05) is 0 Å². The third kappa shape index (κ3) is 1.56. The number of hydrogen-bond acceptors (Lipinski definition) is 5. The molecule has 2 aromatic rings. The molecular weight excluding hydrogens is 212 g/mol. The van der Waals surface area contributed by atoms with E-state index in [4.69, 9.17) is 10.8 Å². The number of anilines is 1. The number of aromatic hydroxyl groups is 1. The molecule has 1 aromatic carbocycles. The maximum atomic E-state index is 10.9. The average molecular weight is 220 g/mol. The lowest BCUT2D eigenvalue weighted by Crippen LogP contribution is -1.99. The van der Waals surface area contributed by atoms with E-state index in [1.54, 1.807) is 12.1 Å². The standard InChI is InChI=1S/C10H8N2O4/c11-9-7(8(10(14)15)12-16-9)5-2-1-3-6(13)4-5/h1-4,13H,11H2,(H,14,15). The predicted molar refractivity (Wildman–Crippen MR) is 55.0 cm³/mol. The number of nitrogen functional groups attached to an aromatic ring is 1. The molecule has 0 amide bonds. The molecule has 6 nitrogen and oxygen atoms in total. The molecule has 82 valence electrons. The second-order valence-corrected chi connectivity index (χ2v) is 3.13. The second-order valence-electron chi connectivity index (χ2n) is 3.13. The SMILES string of the molecule is Nc1onc(C(=O)O)c1-c1cccc(O)c1. The van der Waals surface area contributed by atoms with Crippen molar-refractivity contribution in [1.29, 1.82) is 0 Å². The summed E-state index contributed by atoms with van der Waals surface area (Å²) in [6.45, 7) is 0. The summed E-state index contributed by atoms with van der Waals surface area (Å²) in [4.78, 5) is 10.9. The summed E-state index contributed by atoms with van der Waals surface area (Å²) in [5, 5.41) is 21.5. The van der Waals surface area contributed by atoms with Crippen LogP contribution in [0.15, 0.2) is 28.8 Å². The quantitative estimate of drug-likeness (QED) is 0.704. The van der Waals surface area contributed by atoms with Gasteiger partial charge in [0, 0.05) is 0 Å². The summed E-state index contributed by atoms with van der Waals surface area (Å²) < 4.78 is 4.62. The van der Waals surface area contributed by atoms with Crippen molar-refractivity contribution in [2.45, 2.75) is 0 Å². The largest absolute Gasteiger partial charge is 0.508 e. The summed E-state index contributed by atoms with van der Waals surface area (Å²) in [5.74, 6) is -1.32. The van der Waals surface area contributed by atoms with Crippen LogP contribution in [0.2, 0.25) is 0 Å². The number of nitrogens with zero attached hydrogens (tertiary/aromatic N) is 1. The topological polar surface area (TPSA) is 110 Å². The predicted octanol–water partition coefficient (Wildman–Crippen LogP) is 1.33. The number of nitrogens with two attached hydrogens (primary N) is 1. The zero-order chi connectivity index (χ0) is 11.7. The molecule has 4 N–H and O–H groups in total. The van der Waals surface area contributed by atoms with Crippen LogP contribution < -0.4 is 5.73 Å². The Morgan fingerprint density at radius 3 is 2.81 bits per heavy atom. The summed E-state index contributed by atoms with van der Waals surface area (Å²) in [5.41, 5.74) is 5.82. The fourth-order valence-electron chi connectivity index (χ4n) is 1.39. The Bertz CT molecular complexity index is 548. The Balaban J connectivity index is 2.63. The lowest BCUT2D eigenvalue weighted by Gasteiger charge is -2.00. The third-order valence-electron chi connectivity index (χ3n) is 2.06. The van der Waals surface area contributed by atoms with Crippen LogP contribution in [-0.4, -0.2) is 21.3 Å². The summed E-state index contributed by atoms with van der Waals surface area (Å²) in [7, 11) is 0.